The molecule has 182 valence electrons. The van der Waals surface area contributed by atoms with Crippen LogP contribution in [0, 0.1) is 0 Å². The van der Waals surface area contributed by atoms with E-state index in [1.807, 2.05) is 24.3 Å². The first-order valence-corrected chi connectivity index (χ1v) is 11.8. The van der Waals surface area contributed by atoms with Crippen LogP contribution < -0.4 is 20.9 Å². The fourth-order valence-electron chi connectivity index (χ4n) is 3.74. The molecule has 0 unspecified atom stereocenters. The van der Waals surface area contributed by atoms with Gasteiger partial charge in [-0.25, -0.2) is 0 Å². The van der Waals surface area contributed by atoms with Crippen molar-refractivity contribution in [3.63, 3.8) is 0 Å². The number of ether oxygens (including phenoxy) is 2. The number of hydrogen-bond acceptors (Lipinski definition) is 6. The Labute approximate surface area is 210 Å². The van der Waals surface area contributed by atoms with Crippen LogP contribution >= 0.6 is 0 Å². The highest BCUT2D eigenvalue weighted by Crippen LogP contribution is 2.29. The van der Waals surface area contributed by atoms with Crippen LogP contribution in [0.2, 0.25) is 0 Å². The van der Waals surface area contributed by atoms with Crippen LogP contribution in [0.25, 0.3) is 0 Å². The zero-order chi connectivity index (χ0) is 25.3. The molecule has 0 spiro atoms. The van der Waals surface area contributed by atoms with Gasteiger partial charge in [0.2, 0.25) is 0 Å². The monoisotopic (exact) mass is 480 g/mol. The van der Waals surface area contributed by atoms with Gasteiger partial charge in [0.05, 0.1) is 11.1 Å². The Hall–Kier alpha value is -4.58. The molecule has 6 heteroatoms. The maximum Gasteiger partial charge on any atom is 0.166 e. The molecule has 0 aliphatic carbocycles. The third-order valence-electron chi connectivity index (χ3n) is 5.65. The Bertz CT molecular complexity index is 1230. The van der Waals surface area contributed by atoms with Gasteiger partial charge in [-0.1, -0.05) is 24.3 Å². The van der Waals surface area contributed by atoms with Crippen LogP contribution in [0.1, 0.15) is 46.4 Å². The zero-order valence-electron chi connectivity index (χ0n) is 19.9. The number of nitrogens with two attached hydrogens (primary N) is 2. The number of rotatable bonds is 11. The van der Waals surface area contributed by atoms with Gasteiger partial charge >= 0.3 is 0 Å². The Morgan fingerprint density at radius 2 is 0.889 bits per heavy atom. The molecule has 0 atom stereocenters. The number of nitrogen functional groups attached to an aromatic ring is 2. The SMILES string of the molecule is Nc1ccc(Oc2ccccc2C(=O)CCCCC(=O)c2ccccc2Oc2ccc(N)cc2)cc1. The van der Waals surface area contributed by atoms with Crippen molar-refractivity contribution in [2.75, 3.05) is 11.5 Å². The molecule has 36 heavy (non-hydrogen) atoms. The number of Topliss-reactive ketones (excluding diaryl/α,β-unsaturated/α-hetero) is 2. The quantitative estimate of drug-likeness (QED) is 0.135. The molecule has 4 rings (SSSR count). The van der Waals surface area contributed by atoms with E-state index in [1.165, 1.54) is 0 Å². The van der Waals surface area contributed by atoms with E-state index in [9.17, 15) is 9.59 Å². The molecule has 0 heterocycles. The lowest BCUT2D eigenvalue weighted by Gasteiger charge is -2.11. The van der Waals surface area contributed by atoms with Crippen LogP contribution in [0.5, 0.6) is 23.0 Å². The van der Waals surface area contributed by atoms with Gasteiger partial charge in [-0.2, -0.15) is 0 Å². The van der Waals surface area contributed by atoms with E-state index < -0.39 is 0 Å². The third-order valence-corrected chi connectivity index (χ3v) is 5.65. The van der Waals surface area contributed by atoms with E-state index in [4.69, 9.17) is 20.9 Å². The van der Waals surface area contributed by atoms with Crippen molar-refractivity contribution in [3.05, 3.63) is 108 Å². The summed E-state index contributed by atoms with van der Waals surface area (Å²) >= 11 is 0. The molecule has 0 radical (unpaired) electrons. The van der Waals surface area contributed by atoms with Gasteiger partial charge in [-0.05, 0) is 85.6 Å². The lowest BCUT2D eigenvalue weighted by molar-refractivity contribution is 0.0952. The summed E-state index contributed by atoms with van der Waals surface area (Å²) in [5.74, 6) is 2.15. The van der Waals surface area contributed by atoms with Crippen molar-refractivity contribution in [1.29, 1.82) is 0 Å². The van der Waals surface area contributed by atoms with E-state index in [0.29, 0.717) is 71.2 Å². The number of carbonyl (C=O) groups is 2. The highest BCUT2D eigenvalue weighted by molar-refractivity contribution is 5.99. The summed E-state index contributed by atoms with van der Waals surface area (Å²) in [6.07, 6.45) is 1.81. The molecular formula is C30H28N2O4. The second kappa shape index (κ2) is 11.7. The standard InChI is InChI=1S/C30H28N2O4/c31-21-13-17-23(18-14-21)35-29-11-5-1-7-25(29)27(33)9-3-4-10-28(34)26-8-2-6-12-30(26)36-24-19-15-22(32)16-20-24/h1-2,5-8,11-20H,3-4,9-10,31-32H2. The molecule has 6 nitrogen and oxygen atoms in total. The molecule has 0 amide bonds. The Balaban J connectivity index is 1.32. The zero-order valence-corrected chi connectivity index (χ0v) is 19.9. The van der Waals surface area contributed by atoms with Gasteiger partial charge in [-0.3, -0.25) is 9.59 Å². The van der Waals surface area contributed by atoms with Gasteiger partial charge in [-0.15, -0.1) is 0 Å². The molecule has 4 aromatic rings. The van der Waals surface area contributed by atoms with Gasteiger partial charge < -0.3 is 20.9 Å². The Kier molecular flexibility index (Phi) is 7.98. The normalized spacial score (nSPS) is 10.6. The lowest BCUT2D eigenvalue weighted by atomic mass is 10.0. The first kappa shape index (κ1) is 24.5. The van der Waals surface area contributed by atoms with Gasteiger partial charge in [0.25, 0.3) is 0 Å². The minimum Gasteiger partial charge on any atom is -0.457 e. The number of unbranched alkanes of at least 4 members (excludes halogenated alkanes) is 1. The van der Waals surface area contributed by atoms with Gasteiger partial charge in [0.1, 0.15) is 23.0 Å². The highest BCUT2D eigenvalue weighted by Gasteiger charge is 2.15. The number of anilines is 2. The molecule has 0 saturated heterocycles. The summed E-state index contributed by atoms with van der Waals surface area (Å²) < 4.78 is 11.8. The molecule has 0 fully saturated rings. The van der Waals surface area contributed by atoms with Crippen molar-refractivity contribution in [2.45, 2.75) is 25.7 Å². The predicted molar refractivity (Wildman–Crippen MR) is 142 cm³/mol. The van der Waals surface area contributed by atoms with Crippen LogP contribution in [0.15, 0.2) is 97.1 Å². The van der Waals surface area contributed by atoms with Crippen LogP contribution in [0.4, 0.5) is 11.4 Å². The minimum atomic E-state index is -0.0272. The van der Waals surface area contributed by atoms with Gasteiger partial charge in [0, 0.05) is 24.2 Å². The largest absolute Gasteiger partial charge is 0.457 e. The molecule has 4 aromatic carbocycles. The first-order chi connectivity index (χ1) is 17.5. The smallest absolute Gasteiger partial charge is 0.166 e. The molecule has 0 bridgehead atoms. The lowest BCUT2D eigenvalue weighted by Crippen LogP contribution is -2.04. The third kappa shape index (κ3) is 6.51. The van der Waals surface area contributed by atoms with E-state index in [1.54, 1.807) is 72.8 Å². The molecule has 0 aliphatic rings. The molecule has 4 N–H and O–H groups in total. The van der Waals surface area contributed by atoms with E-state index >= 15 is 0 Å². The summed E-state index contributed by atoms with van der Waals surface area (Å²) in [6, 6.07) is 28.3. The van der Waals surface area contributed by atoms with Gasteiger partial charge in [0.15, 0.2) is 11.6 Å². The Morgan fingerprint density at radius 3 is 1.28 bits per heavy atom. The molecule has 0 saturated carbocycles. The van der Waals surface area contributed by atoms with E-state index in [-0.39, 0.29) is 11.6 Å². The van der Waals surface area contributed by atoms with Crippen molar-refractivity contribution < 1.29 is 19.1 Å². The number of ketones is 2. The average molecular weight is 481 g/mol. The summed E-state index contributed by atoms with van der Waals surface area (Å²) in [7, 11) is 0. The number of para-hydroxylation sites is 2. The maximum absolute atomic E-state index is 12.9. The van der Waals surface area contributed by atoms with Crippen molar-refractivity contribution in [3.8, 4) is 23.0 Å². The fourth-order valence-corrected chi connectivity index (χ4v) is 3.74. The molecular weight excluding hydrogens is 452 g/mol. The van der Waals surface area contributed by atoms with E-state index in [0.717, 1.165) is 0 Å². The second-order valence-electron chi connectivity index (χ2n) is 8.39. The fraction of sp³-hybridized carbons (Fsp3) is 0.133. The van der Waals surface area contributed by atoms with Crippen LogP contribution in [-0.2, 0) is 0 Å². The molecule has 0 aliphatic heterocycles. The predicted octanol–water partition coefficient (Wildman–Crippen LogP) is 7.06. The summed E-state index contributed by atoms with van der Waals surface area (Å²) in [5, 5.41) is 0. The summed E-state index contributed by atoms with van der Waals surface area (Å²) in [4.78, 5) is 25.8. The average Bonchev–Trinajstić information content (AvgIpc) is 2.89. The number of hydrogen-bond donors (Lipinski definition) is 2. The second-order valence-corrected chi connectivity index (χ2v) is 8.39. The number of benzene rings is 4. The number of carbonyl (C=O) groups excluding carboxylic acids is 2. The van der Waals surface area contributed by atoms with Crippen LogP contribution in [-0.4, -0.2) is 11.6 Å². The molecule has 0 aromatic heterocycles. The van der Waals surface area contributed by atoms with Crippen molar-refractivity contribution in [1.82, 2.24) is 0 Å². The van der Waals surface area contributed by atoms with Crippen molar-refractivity contribution >= 4 is 22.9 Å². The maximum atomic E-state index is 12.9. The van der Waals surface area contributed by atoms with Crippen molar-refractivity contribution in [2.24, 2.45) is 0 Å². The highest BCUT2D eigenvalue weighted by atomic mass is 16.5. The summed E-state index contributed by atoms with van der Waals surface area (Å²) in [6.45, 7) is 0. The summed E-state index contributed by atoms with van der Waals surface area (Å²) in [5.41, 5.74) is 13.8. The first-order valence-electron chi connectivity index (χ1n) is 11.8. The topological polar surface area (TPSA) is 105 Å². The Morgan fingerprint density at radius 1 is 0.528 bits per heavy atom. The van der Waals surface area contributed by atoms with E-state index in [2.05, 4.69) is 0 Å². The van der Waals surface area contributed by atoms with Crippen LogP contribution in [0.3, 0.4) is 0 Å². The minimum absolute atomic E-state index is 0.0272.